The second kappa shape index (κ2) is 6.26. The Balaban J connectivity index is 1.98. The van der Waals surface area contributed by atoms with Crippen molar-refractivity contribution in [1.82, 2.24) is 0 Å². The molecule has 0 saturated heterocycles. The monoisotopic (exact) mass is 325 g/mol. The van der Waals surface area contributed by atoms with Crippen LogP contribution in [0.5, 0.6) is 0 Å². The van der Waals surface area contributed by atoms with Crippen molar-refractivity contribution < 1.29 is 8.78 Å². The molecule has 0 amide bonds. The van der Waals surface area contributed by atoms with Crippen LogP contribution in [0.3, 0.4) is 0 Å². The van der Waals surface area contributed by atoms with Gasteiger partial charge in [0, 0.05) is 10.5 Å². The highest BCUT2D eigenvalue weighted by atomic mass is 79.9. The molecule has 4 heteroatoms. The Kier molecular flexibility index (Phi) is 4.66. The van der Waals surface area contributed by atoms with Gasteiger partial charge in [-0.1, -0.05) is 34.1 Å². The van der Waals surface area contributed by atoms with Crippen LogP contribution in [0.25, 0.3) is 0 Å². The minimum atomic E-state index is -0.828. The predicted octanol–water partition coefficient (Wildman–Crippen LogP) is 3.84. The summed E-state index contributed by atoms with van der Waals surface area (Å²) in [5.74, 6) is -1.65. The summed E-state index contributed by atoms with van der Waals surface area (Å²) in [4.78, 5) is 0. The summed E-state index contributed by atoms with van der Waals surface area (Å²) in [7, 11) is 0. The molecule has 0 spiro atoms. The lowest BCUT2D eigenvalue weighted by Gasteiger charge is -2.12. The van der Waals surface area contributed by atoms with E-state index in [0.717, 1.165) is 16.1 Å². The Labute approximate surface area is 119 Å². The van der Waals surface area contributed by atoms with Crippen molar-refractivity contribution in [2.24, 2.45) is 5.73 Å². The van der Waals surface area contributed by atoms with Crippen LogP contribution < -0.4 is 5.73 Å². The van der Waals surface area contributed by atoms with E-state index in [1.807, 2.05) is 24.3 Å². The molecular formula is C15H14BrF2N. The third-order valence-corrected chi connectivity index (χ3v) is 3.42. The van der Waals surface area contributed by atoms with Crippen LogP contribution >= 0.6 is 15.9 Å². The van der Waals surface area contributed by atoms with Crippen LogP contribution in [0.2, 0.25) is 0 Å². The van der Waals surface area contributed by atoms with Gasteiger partial charge in [0.25, 0.3) is 0 Å². The SMILES string of the molecule is NC(Cc1ccc(Br)cc1)Cc1ccc(F)c(F)c1. The van der Waals surface area contributed by atoms with Crippen LogP contribution in [0.15, 0.2) is 46.9 Å². The van der Waals surface area contributed by atoms with Gasteiger partial charge in [0.05, 0.1) is 0 Å². The molecule has 0 aliphatic carbocycles. The molecule has 2 aromatic rings. The van der Waals surface area contributed by atoms with Gasteiger partial charge in [0.15, 0.2) is 11.6 Å². The molecule has 1 nitrogen and oxygen atoms in total. The highest BCUT2D eigenvalue weighted by molar-refractivity contribution is 9.10. The van der Waals surface area contributed by atoms with Gasteiger partial charge in [-0.25, -0.2) is 8.78 Å². The number of hydrogen-bond donors (Lipinski definition) is 1. The Morgan fingerprint density at radius 3 is 2.11 bits per heavy atom. The molecule has 0 bridgehead atoms. The van der Waals surface area contributed by atoms with Crippen molar-refractivity contribution >= 4 is 15.9 Å². The molecule has 1 unspecified atom stereocenters. The first-order chi connectivity index (χ1) is 9.04. The quantitative estimate of drug-likeness (QED) is 0.908. The summed E-state index contributed by atoms with van der Waals surface area (Å²) < 4.78 is 26.9. The van der Waals surface area contributed by atoms with E-state index in [0.29, 0.717) is 18.4 Å². The molecule has 19 heavy (non-hydrogen) atoms. The van der Waals surface area contributed by atoms with E-state index in [1.54, 1.807) is 6.07 Å². The maximum absolute atomic E-state index is 13.1. The number of benzene rings is 2. The summed E-state index contributed by atoms with van der Waals surface area (Å²) in [6.07, 6.45) is 1.22. The van der Waals surface area contributed by atoms with Crippen LogP contribution in [-0.2, 0) is 12.8 Å². The molecule has 0 radical (unpaired) electrons. The fourth-order valence-electron chi connectivity index (χ4n) is 1.96. The molecule has 0 fully saturated rings. The summed E-state index contributed by atoms with van der Waals surface area (Å²) in [6.45, 7) is 0. The van der Waals surface area contributed by atoms with E-state index in [4.69, 9.17) is 5.73 Å². The van der Waals surface area contributed by atoms with Crippen LogP contribution in [0, 0.1) is 11.6 Å². The fraction of sp³-hybridized carbons (Fsp3) is 0.200. The topological polar surface area (TPSA) is 26.0 Å². The zero-order chi connectivity index (χ0) is 13.8. The van der Waals surface area contributed by atoms with Gasteiger partial charge in [-0.15, -0.1) is 0 Å². The van der Waals surface area contributed by atoms with Crippen LogP contribution in [-0.4, -0.2) is 6.04 Å². The molecule has 0 saturated carbocycles. The highest BCUT2D eigenvalue weighted by Gasteiger charge is 2.08. The van der Waals surface area contributed by atoms with E-state index >= 15 is 0 Å². The number of halogens is 3. The minimum absolute atomic E-state index is 0.119. The Morgan fingerprint density at radius 2 is 1.47 bits per heavy atom. The standard InChI is InChI=1S/C15H14BrF2N/c16-12-4-1-10(2-5-12)7-13(19)8-11-3-6-14(17)15(18)9-11/h1-6,9,13H,7-8,19H2. The smallest absolute Gasteiger partial charge is 0.159 e. The Hall–Kier alpha value is -1.26. The third kappa shape index (κ3) is 4.11. The lowest BCUT2D eigenvalue weighted by atomic mass is 10.00. The lowest BCUT2D eigenvalue weighted by Crippen LogP contribution is -2.25. The van der Waals surface area contributed by atoms with Crippen molar-refractivity contribution in [2.45, 2.75) is 18.9 Å². The molecule has 0 aromatic heterocycles. The Morgan fingerprint density at radius 1 is 0.895 bits per heavy atom. The van der Waals surface area contributed by atoms with Crippen molar-refractivity contribution in [2.75, 3.05) is 0 Å². The maximum Gasteiger partial charge on any atom is 0.159 e. The molecule has 2 N–H and O–H groups in total. The van der Waals surface area contributed by atoms with Gasteiger partial charge >= 0.3 is 0 Å². The second-order valence-corrected chi connectivity index (χ2v) is 5.46. The van der Waals surface area contributed by atoms with Crippen molar-refractivity contribution in [1.29, 1.82) is 0 Å². The Bertz CT molecular complexity index is 555. The first-order valence-corrected chi connectivity index (χ1v) is 6.78. The van der Waals surface area contributed by atoms with Gasteiger partial charge in [-0.3, -0.25) is 0 Å². The fourth-order valence-corrected chi connectivity index (χ4v) is 2.23. The van der Waals surface area contributed by atoms with E-state index in [-0.39, 0.29) is 6.04 Å². The van der Waals surface area contributed by atoms with Crippen LogP contribution in [0.4, 0.5) is 8.78 Å². The lowest BCUT2D eigenvalue weighted by molar-refractivity contribution is 0.506. The normalized spacial score (nSPS) is 12.4. The zero-order valence-electron chi connectivity index (χ0n) is 10.2. The summed E-state index contributed by atoms with van der Waals surface area (Å²) in [6, 6.07) is 11.7. The van der Waals surface area contributed by atoms with E-state index in [1.165, 1.54) is 6.07 Å². The van der Waals surface area contributed by atoms with Gasteiger partial charge in [0.1, 0.15) is 0 Å². The van der Waals surface area contributed by atoms with Crippen molar-refractivity contribution in [3.8, 4) is 0 Å². The van der Waals surface area contributed by atoms with E-state index in [9.17, 15) is 8.78 Å². The summed E-state index contributed by atoms with van der Waals surface area (Å²) in [5.41, 5.74) is 7.87. The maximum atomic E-state index is 13.1. The highest BCUT2D eigenvalue weighted by Crippen LogP contribution is 2.14. The molecule has 1 atom stereocenters. The third-order valence-electron chi connectivity index (χ3n) is 2.89. The average molecular weight is 326 g/mol. The molecule has 0 aliphatic heterocycles. The first kappa shape index (κ1) is 14.2. The van der Waals surface area contributed by atoms with E-state index in [2.05, 4.69) is 15.9 Å². The second-order valence-electron chi connectivity index (χ2n) is 4.54. The number of hydrogen-bond acceptors (Lipinski definition) is 1. The van der Waals surface area contributed by atoms with Gasteiger partial charge in [-0.05, 0) is 48.2 Å². The predicted molar refractivity (Wildman–Crippen MR) is 75.9 cm³/mol. The van der Waals surface area contributed by atoms with Gasteiger partial charge in [0.2, 0.25) is 0 Å². The minimum Gasteiger partial charge on any atom is -0.327 e. The molecule has 100 valence electrons. The zero-order valence-corrected chi connectivity index (χ0v) is 11.8. The van der Waals surface area contributed by atoms with Gasteiger partial charge in [-0.2, -0.15) is 0 Å². The number of rotatable bonds is 4. The molecule has 0 heterocycles. The molecule has 2 rings (SSSR count). The van der Waals surface area contributed by atoms with Crippen molar-refractivity contribution in [3.63, 3.8) is 0 Å². The first-order valence-electron chi connectivity index (χ1n) is 5.98. The molecule has 0 aliphatic rings. The molecular weight excluding hydrogens is 312 g/mol. The van der Waals surface area contributed by atoms with Gasteiger partial charge < -0.3 is 5.73 Å². The van der Waals surface area contributed by atoms with Crippen LogP contribution in [0.1, 0.15) is 11.1 Å². The van der Waals surface area contributed by atoms with Crippen molar-refractivity contribution in [3.05, 3.63) is 69.7 Å². The average Bonchev–Trinajstić information content (AvgIpc) is 2.37. The van der Waals surface area contributed by atoms with E-state index < -0.39 is 11.6 Å². The number of nitrogens with two attached hydrogens (primary N) is 1. The summed E-state index contributed by atoms with van der Waals surface area (Å²) in [5, 5.41) is 0. The summed E-state index contributed by atoms with van der Waals surface area (Å²) >= 11 is 3.37. The molecule has 2 aromatic carbocycles. The largest absolute Gasteiger partial charge is 0.327 e.